The minimum atomic E-state index is -0.779. The van der Waals surface area contributed by atoms with E-state index >= 15 is 0 Å². The molecule has 1 aromatic carbocycles. The summed E-state index contributed by atoms with van der Waals surface area (Å²) in [6, 6.07) is 9.21. The van der Waals surface area contributed by atoms with Crippen molar-refractivity contribution in [2.45, 2.75) is 19.8 Å². The lowest BCUT2D eigenvalue weighted by molar-refractivity contribution is -0.119. The summed E-state index contributed by atoms with van der Waals surface area (Å²) in [5, 5.41) is 11.6. The molecule has 0 aromatic heterocycles. The highest BCUT2D eigenvalue weighted by Gasteiger charge is 2.50. The SMILES string of the molecule is CCOc1ccc(NC(=O)C2(C#N)CC2)cc1. The molecule has 1 N–H and O–H groups in total. The third-order valence-corrected chi connectivity index (χ3v) is 2.82. The summed E-state index contributed by atoms with van der Waals surface area (Å²) in [5.74, 6) is 0.566. The molecule has 1 saturated carbocycles. The standard InChI is InChI=1S/C13H14N2O2/c1-2-17-11-5-3-10(4-6-11)15-12(16)13(9-14)7-8-13/h3-6H,2,7-8H2,1H3,(H,15,16). The number of hydrogen-bond donors (Lipinski definition) is 1. The van der Waals surface area contributed by atoms with Crippen LogP contribution in [-0.2, 0) is 4.79 Å². The van der Waals surface area contributed by atoms with E-state index in [1.54, 1.807) is 24.3 Å². The largest absolute Gasteiger partial charge is 0.494 e. The predicted octanol–water partition coefficient (Wildman–Crippen LogP) is 2.33. The second-order valence-electron chi connectivity index (χ2n) is 4.11. The number of carbonyl (C=O) groups excluding carboxylic acids is 1. The number of carbonyl (C=O) groups is 1. The van der Waals surface area contributed by atoms with Crippen molar-refractivity contribution >= 4 is 11.6 Å². The van der Waals surface area contributed by atoms with Crippen molar-refractivity contribution in [1.82, 2.24) is 0 Å². The van der Waals surface area contributed by atoms with Gasteiger partial charge in [-0.2, -0.15) is 5.26 Å². The summed E-state index contributed by atoms with van der Waals surface area (Å²) in [7, 11) is 0. The van der Waals surface area contributed by atoms with E-state index in [2.05, 4.69) is 11.4 Å². The van der Waals surface area contributed by atoms with Gasteiger partial charge >= 0.3 is 0 Å². The van der Waals surface area contributed by atoms with Gasteiger partial charge in [-0.15, -0.1) is 0 Å². The normalized spacial score (nSPS) is 15.8. The topological polar surface area (TPSA) is 62.1 Å². The number of amides is 1. The molecule has 0 heterocycles. The van der Waals surface area contributed by atoms with E-state index in [1.165, 1.54) is 0 Å². The Morgan fingerprint density at radius 3 is 2.59 bits per heavy atom. The Kier molecular flexibility index (Phi) is 3.01. The molecule has 0 radical (unpaired) electrons. The fourth-order valence-corrected chi connectivity index (χ4v) is 1.57. The van der Waals surface area contributed by atoms with Gasteiger partial charge in [-0.05, 0) is 44.0 Å². The average Bonchev–Trinajstić information content (AvgIpc) is 3.13. The average molecular weight is 230 g/mol. The molecule has 2 rings (SSSR count). The molecule has 1 fully saturated rings. The molecule has 0 spiro atoms. The molecule has 0 aliphatic heterocycles. The zero-order chi connectivity index (χ0) is 12.3. The Morgan fingerprint density at radius 2 is 2.12 bits per heavy atom. The van der Waals surface area contributed by atoms with Crippen LogP contribution in [0.15, 0.2) is 24.3 Å². The molecule has 17 heavy (non-hydrogen) atoms. The monoisotopic (exact) mass is 230 g/mol. The summed E-state index contributed by atoms with van der Waals surface area (Å²) in [5.41, 5.74) is -0.0848. The van der Waals surface area contributed by atoms with Gasteiger partial charge in [-0.1, -0.05) is 0 Å². The van der Waals surface area contributed by atoms with Crippen LogP contribution in [0.4, 0.5) is 5.69 Å². The first-order valence-electron chi connectivity index (χ1n) is 5.66. The Morgan fingerprint density at radius 1 is 1.47 bits per heavy atom. The molecule has 1 aromatic rings. The molecule has 88 valence electrons. The van der Waals surface area contributed by atoms with Gasteiger partial charge in [0.05, 0.1) is 12.7 Å². The van der Waals surface area contributed by atoms with Crippen molar-refractivity contribution in [3.8, 4) is 11.8 Å². The number of nitriles is 1. The van der Waals surface area contributed by atoms with Gasteiger partial charge < -0.3 is 10.1 Å². The van der Waals surface area contributed by atoms with Gasteiger partial charge in [-0.3, -0.25) is 4.79 Å². The van der Waals surface area contributed by atoms with Crippen LogP contribution >= 0.6 is 0 Å². The summed E-state index contributed by atoms with van der Waals surface area (Å²) in [6.07, 6.45) is 1.32. The van der Waals surface area contributed by atoms with E-state index < -0.39 is 5.41 Å². The first-order chi connectivity index (χ1) is 8.20. The number of anilines is 1. The second kappa shape index (κ2) is 4.46. The second-order valence-corrected chi connectivity index (χ2v) is 4.11. The smallest absolute Gasteiger partial charge is 0.244 e. The minimum absolute atomic E-state index is 0.204. The van der Waals surface area contributed by atoms with Crippen molar-refractivity contribution in [3.63, 3.8) is 0 Å². The van der Waals surface area contributed by atoms with Crippen LogP contribution in [0.3, 0.4) is 0 Å². The molecular weight excluding hydrogens is 216 g/mol. The zero-order valence-corrected chi connectivity index (χ0v) is 9.69. The van der Waals surface area contributed by atoms with E-state index in [-0.39, 0.29) is 5.91 Å². The number of ether oxygens (including phenoxy) is 1. The Bertz CT molecular complexity index is 455. The molecule has 1 aliphatic carbocycles. The number of nitrogens with zero attached hydrogens (tertiary/aromatic N) is 1. The maximum absolute atomic E-state index is 11.8. The highest BCUT2D eigenvalue weighted by molar-refractivity contribution is 5.99. The highest BCUT2D eigenvalue weighted by atomic mass is 16.5. The Labute approximate surface area is 100 Å². The van der Waals surface area contributed by atoms with Crippen molar-refractivity contribution in [1.29, 1.82) is 5.26 Å². The van der Waals surface area contributed by atoms with Crippen LogP contribution < -0.4 is 10.1 Å². The predicted molar refractivity (Wildman–Crippen MR) is 63.5 cm³/mol. The summed E-state index contributed by atoms with van der Waals surface area (Å²) >= 11 is 0. The fraction of sp³-hybridized carbons (Fsp3) is 0.385. The van der Waals surface area contributed by atoms with Gasteiger partial charge in [0.15, 0.2) is 0 Å². The van der Waals surface area contributed by atoms with Crippen molar-refractivity contribution in [3.05, 3.63) is 24.3 Å². The van der Waals surface area contributed by atoms with E-state index in [1.807, 2.05) is 6.92 Å². The number of nitrogens with one attached hydrogen (secondary N) is 1. The number of rotatable bonds is 4. The van der Waals surface area contributed by atoms with E-state index in [4.69, 9.17) is 10.00 Å². The molecule has 4 nitrogen and oxygen atoms in total. The third kappa shape index (κ3) is 2.39. The quantitative estimate of drug-likeness (QED) is 0.863. The molecular formula is C13H14N2O2. The minimum Gasteiger partial charge on any atom is -0.494 e. The molecule has 4 heteroatoms. The van der Waals surface area contributed by atoms with Crippen LogP contribution in [0.25, 0.3) is 0 Å². The maximum Gasteiger partial charge on any atom is 0.244 e. The molecule has 1 amide bonds. The first-order valence-corrected chi connectivity index (χ1v) is 5.66. The van der Waals surface area contributed by atoms with Gasteiger partial charge in [-0.25, -0.2) is 0 Å². The Balaban J connectivity index is 2.00. The summed E-state index contributed by atoms with van der Waals surface area (Å²) in [4.78, 5) is 11.8. The molecule has 1 aliphatic rings. The number of hydrogen-bond acceptors (Lipinski definition) is 3. The Hall–Kier alpha value is -2.02. The van der Waals surface area contributed by atoms with Crippen molar-refractivity contribution in [2.75, 3.05) is 11.9 Å². The third-order valence-electron chi connectivity index (χ3n) is 2.82. The summed E-state index contributed by atoms with van der Waals surface area (Å²) < 4.78 is 5.30. The molecule has 0 saturated heterocycles. The molecule has 0 bridgehead atoms. The van der Waals surface area contributed by atoms with Gasteiger partial charge in [0.2, 0.25) is 5.91 Å². The van der Waals surface area contributed by atoms with Crippen LogP contribution in [0.1, 0.15) is 19.8 Å². The van der Waals surface area contributed by atoms with Crippen LogP contribution in [0, 0.1) is 16.7 Å². The van der Waals surface area contributed by atoms with E-state index in [0.717, 1.165) is 5.75 Å². The lowest BCUT2D eigenvalue weighted by Gasteiger charge is -2.09. The lowest BCUT2D eigenvalue weighted by Crippen LogP contribution is -2.22. The van der Waals surface area contributed by atoms with Crippen LogP contribution in [-0.4, -0.2) is 12.5 Å². The zero-order valence-electron chi connectivity index (χ0n) is 9.69. The molecule has 0 atom stereocenters. The maximum atomic E-state index is 11.8. The van der Waals surface area contributed by atoms with E-state index in [9.17, 15) is 4.79 Å². The van der Waals surface area contributed by atoms with Crippen molar-refractivity contribution in [2.24, 2.45) is 5.41 Å². The van der Waals surface area contributed by atoms with Gasteiger partial charge in [0.25, 0.3) is 0 Å². The van der Waals surface area contributed by atoms with Gasteiger partial charge in [0, 0.05) is 5.69 Å². The van der Waals surface area contributed by atoms with E-state index in [0.29, 0.717) is 25.1 Å². The lowest BCUT2D eigenvalue weighted by atomic mass is 10.1. The van der Waals surface area contributed by atoms with Crippen molar-refractivity contribution < 1.29 is 9.53 Å². The number of benzene rings is 1. The first kappa shape index (κ1) is 11.5. The highest BCUT2D eigenvalue weighted by Crippen LogP contribution is 2.45. The fourth-order valence-electron chi connectivity index (χ4n) is 1.57. The van der Waals surface area contributed by atoms with Gasteiger partial charge in [0.1, 0.15) is 11.2 Å². The van der Waals surface area contributed by atoms with Crippen LogP contribution in [0.2, 0.25) is 0 Å². The van der Waals surface area contributed by atoms with Crippen LogP contribution in [0.5, 0.6) is 5.75 Å². The molecule has 0 unspecified atom stereocenters. The summed E-state index contributed by atoms with van der Waals surface area (Å²) in [6.45, 7) is 2.53.